The summed E-state index contributed by atoms with van der Waals surface area (Å²) in [5, 5.41) is 0. The zero-order valence-electron chi connectivity index (χ0n) is 12.1. The van der Waals surface area contributed by atoms with Crippen molar-refractivity contribution in [2.45, 2.75) is 26.4 Å². The molecule has 0 fully saturated rings. The number of esters is 4. The van der Waals surface area contributed by atoms with Crippen molar-refractivity contribution in [3.05, 3.63) is 37.5 Å². The monoisotopic (exact) mass is 312 g/mol. The van der Waals surface area contributed by atoms with Crippen LogP contribution in [-0.2, 0) is 38.1 Å². The predicted molar refractivity (Wildman–Crippen MR) is 72.8 cm³/mol. The first-order valence-corrected chi connectivity index (χ1v) is 6.04. The first-order chi connectivity index (χ1) is 10.3. The number of carbonyl (C=O) groups is 4. The number of hydrogen-bond acceptors (Lipinski definition) is 8. The molecule has 0 aromatic heterocycles. The fraction of sp³-hybridized carbons (Fsp3) is 0.286. The molecule has 0 amide bonds. The average Bonchev–Trinajstić information content (AvgIpc) is 2.44. The van der Waals surface area contributed by atoms with E-state index >= 15 is 0 Å². The standard InChI is InChI=1S/C14H16O8/c1-5-11(15)19-9(3)21-13(17)7-8-14(18)22-10(4)20-12(16)6-2/h5-10H,1-2H2,3-4H3/b8-7-. The molecule has 120 valence electrons. The number of hydrogen-bond donors (Lipinski definition) is 0. The third kappa shape index (κ3) is 9.08. The van der Waals surface area contributed by atoms with Crippen LogP contribution >= 0.6 is 0 Å². The third-order valence-electron chi connectivity index (χ3n) is 1.82. The fourth-order valence-corrected chi connectivity index (χ4v) is 1.01. The Hall–Kier alpha value is -2.90. The summed E-state index contributed by atoms with van der Waals surface area (Å²) >= 11 is 0. The van der Waals surface area contributed by atoms with Crippen molar-refractivity contribution in [3.63, 3.8) is 0 Å². The minimum atomic E-state index is -1.15. The minimum absolute atomic E-state index is 0.762. The molecule has 0 saturated heterocycles. The Labute approximate surface area is 127 Å². The van der Waals surface area contributed by atoms with E-state index in [0.29, 0.717) is 0 Å². The van der Waals surface area contributed by atoms with E-state index in [2.05, 4.69) is 32.1 Å². The van der Waals surface area contributed by atoms with Crippen LogP contribution in [0.1, 0.15) is 13.8 Å². The topological polar surface area (TPSA) is 105 Å². The highest BCUT2D eigenvalue weighted by Gasteiger charge is 2.12. The summed E-state index contributed by atoms with van der Waals surface area (Å²) in [6.45, 7) is 8.96. The number of ether oxygens (including phenoxy) is 4. The van der Waals surface area contributed by atoms with Crippen LogP contribution in [0.4, 0.5) is 0 Å². The minimum Gasteiger partial charge on any atom is -0.422 e. The van der Waals surface area contributed by atoms with Crippen LogP contribution in [0, 0.1) is 0 Å². The molecular weight excluding hydrogens is 296 g/mol. The van der Waals surface area contributed by atoms with Crippen molar-refractivity contribution in [1.82, 2.24) is 0 Å². The first kappa shape index (κ1) is 19.1. The molecule has 0 rings (SSSR count). The van der Waals surface area contributed by atoms with Gasteiger partial charge in [0.25, 0.3) is 0 Å². The lowest BCUT2D eigenvalue weighted by molar-refractivity contribution is -0.180. The molecule has 0 aromatic carbocycles. The van der Waals surface area contributed by atoms with Crippen LogP contribution in [0.25, 0.3) is 0 Å². The maximum absolute atomic E-state index is 11.3. The normalized spacial score (nSPS) is 12.6. The van der Waals surface area contributed by atoms with Crippen molar-refractivity contribution in [2.75, 3.05) is 0 Å². The summed E-state index contributed by atoms with van der Waals surface area (Å²) < 4.78 is 18.4. The Morgan fingerprint density at radius 1 is 0.682 bits per heavy atom. The molecule has 0 aliphatic carbocycles. The summed E-state index contributed by atoms with van der Waals surface area (Å²) in [4.78, 5) is 44.3. The van der Waals surface area contributed by atoms with Crippen LogP contribution in [-0.4, -0.2) is 36.5 Å². The molecule has 22 heavy (non-hydrogen) atoms. The molecule has 0 aliphatic rings. The van der Waals surface area contributed by atoms with Crippen molar-refractivity contribution < 1.29 is 38.1 Å². The molecule has 0 N–H and O–H groups in total. The van der Waals surface area contributed by atoms with Crippen LogP contribution in [0.5, 0.6) is 0 Å². The van der Waals surface area contributed by atoms with Gasteiger partial charge in [0.1, 0.15) is 0 Å². The van der Waals surface area contributed by atoms with Gasteiger partial charge in [-0.15, -0.1) is 0 Å². The van der Waals surface area contributed by atoms with E-state index in [-0.39, 0.29) is 0 Å². The van der Waals surface area contributed by atoms with Crippen LogP contribution in [0.2, 0.25) is 0 Å². The lowest BCUT2D eigenvalue weighted by atomic mass is 10.5. The summed E-state index contributed by atoms with van der Waals surface area (Å²) in [5.41, 5.74) is 0. The van der Waals surface area contributed by atoms with Gasteiger partial charge in [0.2, 0.25) is 12.6 Å². The molecule has 8 nitrogen and oxygen atoms in total. The van der Waals surface area contributed by atoms with Gasteiger partial charge in [0.05, 0.1) is 0 Å². The van der Waals surface area contributed by atoms with Crippen LogP contribution in [0.3, 0.4) is 0 Å². The van der Waals surface area contributed by atoms with E-state index in [1.54, 1.807) is 0 Å². The molecule has 0 bridgehead atoms. The summed E-state index contributed by atoms with van der Waals surface area (Å²) in [7, 11) is 0. The summed E-state index contributed by atoms with van der Waals surface area (Å²) in [6.07, 6.45) is 1.05. The predicted octanol–water partition coefficient (Wildman–Crippen LogP) is 0.779. The average molecular weight is 312 g/mol. The molecular formula is C14H16O8. The number of carbonyl (C=O) groups excluding carboxylic acids is 4. The molecule has 0 radical (unpaired) electrons. The quantitative estimate of drug-likeness (QED) is 0.368. The fourth-order valence-electron chi connectivity index (χ4n) is 1.01. The molecule has 8 heteroatoms. The molecule has 2 atom stereocenters. The maximum atomic E-state index is 11.3. The molecule has 0 aromatic rings. The van der Waals surface area contributed by atoms with Gasteiger partial charge in [0.15, 0.2) is 0 Å². The highest BCUT2D eigenvalue weighted by atomic mass is 16.7. The molecule has 0 spiro atoms. The van der Waals surface area contributed by atoms with E-state index in [1.165, 1.54) is 13.8 Å². The Balaban J connectivity index is 4.23. The van der Waals surface area contributed by atoms with E-state index < -0.39 is 36.5 Å². The second kappa shape index (κ2) is 9.92. The van der Waals surface area contributed by atoms with Gasteiger partial charge in [-0.25, -0.2) is 19.2 Å². The van der Waals surface area contributed by atoms with Crippen molar-refractivity contribution in [3.8, 4) is 0 Å². The van der Waals surface area contributed by atoms with Crippen molar-refractivity contribution >= 4 is 23.9 Å². The van der Waals surface area contributed by atoms with Crippen LogP contribution in [0.15, 0.2) is 37.5 Å². The summed E-state index contributed by atoms with van der Waals surface area (Å²) in [5.74, 6) is -3.39. The largest absolute Gasteiger partial charge is 0.422 e. The Kier molecular flexibility index (Phi) is 8.61. The second-order valence-corrected chi connectivity index (χ2v) is 3.62. The van der Waals surface area contributed by atoms with Gasteiger partial charge in [-0.2, -0.15) is 0 Å². The van der Waals surface area contributed by atoms with Gasteiger partial charge in [-0.05, 0) is 0 Å². The van der Waals surface area contributed by atoms with Crippen molar-refractivity contribution in [1.29, 1.82) is 0 Å². The molecule has 0 aliphatic heterocycles. The zero-order chi connectivity index (χ0) is 17.1. The second-order valence-electron chi connectivity index (χ2n) is 3.62. The van der Waals surface area contributed by atoms with Crippen molar-refractivity contribution in [2.24, 2.45) is 0 Å². The summed E-state index contributed by atoms with van der Waals surface area (Å²) in [6, 6.07) is 0. The Bertz CT molecular complexity index is 447. The lowest BCUT2D eigenvalue weighted by Crippen LogP contribution is -2.21. The Morgan fingerprint density at radius 3 is 1.23 bits per heavy atom. The lowest BCUT2D eigenvalue weighted by Gasteiger charge is -2.12. The van der Waals surface area contributed by atoms with Crippen LogP contribution < -0.4 is 0 Å². The smallest absolute Gasteiger partial charge is 0.334 e. The highest BCUT2D eigenvalue weighted by molar-refractivity contribution is 5.92. The van der Waals surface area contributed by atoms with Gasteiger partial charge < -0.3 is 18.9 Å². The van der Waals surface area contributed by atoms with Gasteiger partial charge in [-0.1, -0.05) is 13.2 Å². The maximum Gasteiger partial charge on any atom is 0.334 e. The molecule has 2 unspecified atom stereocenters. The molecule has 0 heterocycles. The van der Waals surface area contributed by atoms with Gasteiger partial charge in [-0.3, -0.25) is 0 Å². The van der Waals surface area contributed by atoms with Gasteiger partial charge in [0, 0.05) is 38.2 Å². The highest BCUT2D eigenvalue weighted by Crippen LogP contribution is 1.99. The number of rotatable bonds is 8. The van der Waals surface area contributed by atoms with E-state index in [1.807, 2.05) is 0 Å². The van der Waals surface area contributed by atoms with Gasteiger partial charge >= 0.3 is 23.9 Å². The van der Waals surface area contributed by atoms with E-state index in [9.17, 15) is 19.2 Å². The SMILES string of the molecule is C=CC(=O)OC(C)OC(=O)/C=C\C(=O)OC(C)OC(=O)C=C. The van der Waals surface area contributed by atoms with E-state index in [4.69, 9.17) is 0 Å². The Morgan fingerprint density at radius 2 is 0.955 bits per heavy atom. The van der Waals surface area contributed by atoms with E-state index in [0.717, 1.165) is 24.3 Å². The third-order valence-corrected chi connectivity index (χ3v) is 1.82. The molecule has 0 saturated carbocycles. The zero-order valence-corrected chi connectivity index (χ0v) is 12.1. The first-order valence-electron chi connectivity index (χ1n) is 6.04.